The van der Waals surface area contributed by atoms with Gasteiger partial charge >= 0.3 is 0 Å². The first-order valence-corrected chi connectivity index (χ1v) is 7.32. The van der Waals surface area contributed by atoms with Crippen LogP contribution in [-0.2, 0) is 5.54 Å². The maximum atomic E-state index is 12.4. The van der Waals surface area contributed by atoms with Crippen LogP contribution in [0.5, 0.6) is 0 Å². The van der Waals surface area contributed by atoms with Gasteiger partial charge in [0.25, 0.3) is 11.6 Å². The van der Waals surface area contributed by atoms with Gasteiger partial charge in [-0.05, 0) is 19.4 Å². The predicted octanol–water partition coefficient (Wildman–Crippen LogP) is 3.11. The smallest absolute Gasteiger partial charge is 0.282 e. The van der Waals surface area contributed by atoms with E-state index in [0.29, 0.717) is 6.42 Å². The number of nitrogens with one attached hydrogen (secondary N) is 1. The first-order chi connectivity index (χ1) is 9.98. The van der Waals surface area contributed by atoms with Gasteiger partial charge in [0.1, 0.15) is 10.6 Å². The number of hydrogen-bond acceptors (Lipinski definition) is 5. The molecule has 0 aliphatic carbocycles. The lowest BCUT2D eigenvalue weighted by molar-refractivity contribution is -0.385. The molecule has 7 heteroatoms. The van der Waals surface area contributed by atoms with E-state index in [2.05, 4.69) is 10.3 Å². The number of benzene rings is 1. The Morgan fingerprint density at radius 2 is 2.19 bits per heavy atom. The first kappa shape index (κ1) is 15.1. The van der Waals surface area contributed by atoms with Crippen LogP contribution in [-0.4, -0.2) is 15.8 Å². The Labute approximate surface area is 126 Å². The molecule has 0 spiro atoms. The Morgan fingerprint density at radius 1 is 1.48 bits per heavy atom. The largest absolute Gasteiger partial charge is 0.340 e. The predicted molar refractivity (Wildman–Crippen MR) is 80.3 cm³/mol. The van der Waals surface area contributed by atoms with E-state index in [0.717, 1.165) is 5.01 Å². The van der Waals surface area contributed by atoms with Crippen LogP contribution in [0.15, 0.2) is 35.8 Å². The molecule has 6 nitrogen and oxygen atoms in total. The van der Waals surface area contributed by atoms with E-state index in [-0.39, 0.29) is 11.3 Å². The fraction of sp³-hybridized carbons (Fsp3) is 0.286. The molecule has 1 atom stereocenters. The standard InChI is InChI=1S/C14H15N3O3S/c1-3-14(2,13-15-8-9-21-13)16-12(18)10-6-4-5-7-11(10)17(19)20/h4-9H,3H2,1-2H3,(H,16,18). The molecule has 1 unspecified atom stereocenters. The normalized spacial score (nSPS) is 13.4. The SMILES string of the molecule is CCC(C)(NC(=O)c1ccccc1[N+](=O)[O-])c1nccs1. The molecule has 2 aromatic rings. The summed E-state index contributed by atoms with van der Waals surface area (Å²) in [5, 5.41) is 16.5. The van der Waals surface area contributed by atoms with Crippen molar-refractivity contribution < 1.29 is 9.72 Å². The number of nitro groups is 1. The van der Waals surface area contributed by atoms with Crippen molar-refractivity contribution in [2.45, 2.75) is 25.8 Å². The highest BCUT2D eigenvalue weighted by molar-refractivity contribution is 7.09. The second-order valence-corrected chi connectivity index (χ2v) is 5.65. The molecule has 1 heterocycles. The molecular formula is C14H15N3O3S. The third-order valence-electron chi connectivity index (χ3n) is 3.35. The molecule has 110 valence electrons. The Hall–Kier alpha value is -2.28. The van der Waals surface area contributed by atoms with Crippen LogP contribution < -0.4 is 5.32 Å². The minimum Gasteiger partial charge on any atom is -0.340 e. The summed E-state index contributed by atoms with van der Waals surface area (Å²) < 4.78 is 0. The molecule has 0 saturated heterocycles. The van der Waals surface area contributed by atoms with Crippen LogP contribution in [0.3, 0.4) is 0 Å². The van der Waals surface area contributed by atoms with Crippen LogP contribution in [0, 0.1) is 10.1 Å². The number of carbonyl (C=O) groups is 1. The number of para-hydroxylation sites is 1. The van der Waals surface area contributed by atoms with Crippen molar-refractivity contribution in [2.75, 3.05) is 0 Å². The first-order valence-electron chi connectivity index (χ1n) is 6.44. The molecule has 1 aromatic heterocycles. The van der Waals surface area contributed by atoms with Crippen molar-refractivity contribution in [1.29, 1.82) is 0 Å². The highest BCUT2D eigenvalue weighted by Gasteiger charge is 2.31. The number of amides is 1. The molecular weight excluding hydrogens is 290 g/mol. The highest BCUT2D eigenvalue weighted by Crippen LogP contribution is 2.27. The van der Waals surface area contributed by atoms with Gasteiger partial charge in [-0.3, -0.25) is 14.9 Å². The molecule has 21 heavy (non-hydrogen) atoms. The van der Waals surface area contributed by atoms with E-state index in [9.17, 15) is 14.9 Å². The fourth-order valence-electron chi connectivity index (χ4n) is 1.93. The molecule has 0 bridgehead atoms. The van der Waals surface area contributed by atoms with Gasteiger partial charge < -0.3 is 5.32 Å². The Morgan fingerprint density at radius 3 is 2.76 bits per heavy atom. The minimum absolute atomic E-state index is 0.0544. The van der Waals surface area contributed by atoms with Gasteiger partial charge in [-0.2, -0.15) is 0 Å². The summed E-state index contributed by atoms with van der Waals surface area (Å²) in [7, 11) is 0. The van der Waals surface area contributed by atoms with Crippen molar-refractivity contribution in [2.24, 2.45) is 0 Å². The van der Waals surface area contributed by atoms with Gasteiger partial charge in [0.15, 0.2) is 0 Å². The van der Waals surface area contributed by atoms with E-state index in [1.807, 2.05) is 19.2 Å². The average molecular weight is 305 g/mol. The zero-order chi connectivity index (χ0) is 15.5. The number of hydrogen-bond donors (Lipinski definition) is 1. The Kier molecular flexibility index (Phi) is 4.32. The summed E-state index contributed by atoms with van der Waals surface area (Å²) in [5.41, 5.74) is -0.791. The van der Waals surface area contributed by atoms with Crippen molar-refractivity contribution in [3.63, 3.8) is 0 Å². The van der Waals surface area contributed by atoms with Crippen molar-refractivity contribution >= 4 is 22.9 Å². The van der Waals surface area contributed by atoms with Crippen LogP contribution in [0.25, 0.3) is 0 Å². The molecule has 1 amide bonds. The lowest BCUT2D eigenvalue weighted by atomic mass is 9.99. The van der Waals surface area contributed by atoms with Gasteiger partial charge in [0, 0.05) is 17.6 Å². The van der Waals surface area contributed by atoms with E-state index in [1.165, 1.54) is 29.5 Å². The minimum atomic E-state index is -0.644. The van der Waals surface area contributed by atoms with E-state index in [4.69, 9.17) is 0 Å². The fourth-order valence-corrected chi connectivity index (χ4v) is 2.76. The summed E-state index contributed by atoms with van der Waals surface area (Å²) >= 11 is 1.44. The average Bonchev–Trinajstić information content (AvgIpc) is 3.02. The lowest BCUT2D eigenvalue weighted by Gasteiger charge is -2.27. The van der Waals surface area contributed by atoms with Crippen LogP contribution in [0.4, 0.5) is 5.69 Å². The summed E-state index contributed by atoms with van der Waals surface area (Å²) in [4.78, 5) is 27.1. The van der Waals surface area contributed by atoms with Gasteiger partial charge in [-0.25, -0.2) is 4.98 Å². The summed E-state index contributed by atoms with van der Waals surface area (Å²) in [6.45, 7) is 3.79. The quantitative estimate of drug-likeness (QED) is 0.679. The lowest BCUT2D eigenvalue weighted by Crippen LogP contribution is -2.43. The molecule has 2 rings (SSSR count). The summed E-state index contributed by atoms with van der Waals surface area (Å²) in [6.07, 6.45) is 2.30. The molecule has 0 aliphatic rings. The topological polar surface area (TPSA) is 85.1 Å². The van der Waals surface area contributed by atoms with Gasteiger partial charge in [0.2, 0.25) is 0 Å². The van der Waals surface area contributed by atoms with Crippen molar-refractivity contribution in [3.8, 4) is 0 Å². The molecule has 0 aliphatic heterocycles. The van der Waals surface area contributed by atoms with Crippen molar-refractivity contribution in [3.05, 3.63) is 56.5 Å². The maximum Gasteiger partial charge on any atom is 0.282 e. The summed E-state index contributed by atoms with van der Waals surface area (Å²) in [6, 6.07) is 5.91. The number of rotatable bonds is 5. The number of thiazole rings is 1. The van der Waals surface area contributed by atoms with Crippen molar-refractivity contribution in [1.82, 2.24) is 10.3 Å². The summed E-state index contributed by atoms with van der Waals surface area (Å²) in [5.74, 6) is -0.471. The van der Waals surface area contributed by atoms with Gasteiger partial charge in [-0.15, -0.1) is 11.3 Å². The Balaban J connectivity index is 2.31. The van der Waals surface area contributed by atoms with Crippen LogP contribution in [0.2, 0.25) is 0 Å². The van der Waals surface area contributed by atoms with E-state index in [1.54, 1.807) is 12.3 Å². The molecule has 0 saturated carbocycles. The van der Waals surface area contributed by atoms with E-state index >= 15 is 0 Å². The van der Waals surface area contributed by atoms with Crippen LogP contribution >= 0.6 is 11.3 Å². The third kappa shape index (κ3) is 3.08. The number of nitro benzene ring substituents is 1. The molecule has 0 radical (unpaired) electrons. The van der Waals surface area contributed by atoms with E-state index < -0.39 is 16.4 Å². The molecule has 1 aromatic carbocycles. The third-order valence-corrected chi connectivity index (χ3v) is 4.38. The second-order valence-electron chi connectivity index (χ2n) is 4.75. The number of nitrogens with zero attached hydrogens (tertiary/aromatic N) is 2. The molecule has 0 fully saturated rings. The van der Waals surface area contributed by atoms with Crippen LogP contribution in [0.1, 0.15) is 35.6 Å². The monoisotopic (exact) mass is 305 g/mol. The Bertz CT molecular complexity index is 657. The second kappa shape index (κ2) is 6.01. The highest BCUT2D eigenvalue weighted by atomic mass is 32.1. The zero-order valence-corrected chi connectivity index (χ0v) is 12.5. The zero-order valence-electron chi connectivity index (χ0n) is 11.7. The van der Waals surface area contributed by atoms with Gasteiger partial charge in [0.05, 0.1) is 10.5 Å². The van der Waals surface area contributed by atoms with Gasteiger partial charge in [-0.1, -0.05) is 19.1 Å². The number of carbonyl (C=O) groups excluding carboxylic acids is 1. The molecule has 1 N–H and O–H groups in total. The maximum absolute atomic E-state index is 12.4. The number of aromatic nitrogens is 1.